The molecule has 0 radical (unpaired) electrons. The maximum atomic E-state index is 11.4. The van der Waals surface area contributed by atoms with Gasteiger partial charge < -0.3 is 175 Å². The molecule has 0 aromatic carbocycles. The summed E-state index contributed by atoms with van der Waals surface area (Å²) in [7, 11) is 1.34. The summed E-state index contributed by atoms with van der Waals surface area (Å²) in [5.41, 5.74) is -2.12. The SMILES string of the molecule is CNC(=S)NC(CO[C@@H]1OC(CO)[C@H](O[C@@H]2OC(CO)[C@H](O)[C@H](O)C2O)[C@H](O)C1O)(CO[C@@H]1OC(CO)[C@H](O[C@@H]2OC(CO)[C@H](O)[C@H](O)C2O)[C@H](O)C1O)CO[C@@H]1OC(CO)[C@H](O[C@@H]2OC(CO)[C@H](O)[C@H](O)C2O)[C@H](O)C1O. The number of aliphatic hydroxyl groups excluding tert-OH is 21. The van der Waals surface area contributed by atoms with Crippen LogP contribution in [0.4, 0.5) is 0 Å². The molecule has 6 aliphatic heterocycles. The van der Waals surface area contributed by atoms with Crippen LogP contribution in [0.3, 0.4) is 0 Å². The summed E-state index contributed by atoms with van der Waals surface area (Å²) in [6, 6.07) is 0. The summed E-state index contributed by atoms with van der Waals surface area (Å²) < 4.78 is 68.2. The zero-order valence-electron chi connectivity index (χ0n) is 41.4. The molecule has 36 heteroatoms. The molecule has 0 spiro atoms. The van der Waals surface area contributed by atoms with Gasteiger partial charge in [0.15, 0.2) is 42.9 Å². The molecule has 0 saturated carbocycles. The van der Waals surface area contributed by atoms with Crippen LogP contribution in [0, 0.1) is 0 Å². The van der Waals surface area contributed by atoms with Gasteiger partial charge in [0, 0.05) is 7.05 Å². The lowest BCUT2D eigenvalue weighted by atomic mass is 9.96. The standard InChI is InChI=1S/C42H74N2O33S/c1-43-41(78)44-42(8-66-35-29(63)23(57)32(14(5-48)72-35)75-38-26(60)20(54)17(51)11(2-45)69-38,9-67-36-30(64)24(58)33(15(6-49)73-36)76-39-27(61)21(55)18(52)12(3-46)70-39)10-68-37-31(65)25(59)34(16(7-50)74-37)77-40-28(62)22(56)19(53)13(4-47)71-40/h11-40,45-65H,2-10H2,1H3,(H2,43,44,78)/t11?,12?,13?,14?,15?,16?,17-,18-,19-,20-,21-,22-,23+,24+,25+,26?,27?,28?,29?,30?,31?,32-,33-,34-,35+,36+,37+,38-,39-,40-,42?/m0/s1. The summed E-state index contributed by atoms with van der Waals surface area (Å²) in [5, 5.41) is 227. The molecule has 23 N–H and O–H groups in total. The third-order valence-electron chi connectivity index (χ3n) is 14.1. The smallest absolute Gasteiger partial charge is 0.187 e. The molecule has 456 valence electrons. The van der Waals surface area contributed by atoms with Crippen molar-refractivity contribution in [3.8, 4) is 0 Å². The van der Waals surface area contributed by atoms with Crippen LogP contribution in [-0.4, -0.2) is 369 Å². The van der Waals surface area contributed by atoms with E-state index in [4.69, 9.17) is 69.1 Å². The molecule has 0 aliphatic carbocycles. The zero-order chi connectivity index (χ0) is 57.7. The monoisotopic (exact) mass is 1170 g/mol. The van der Waals surface area contributed by atoms with E-state index in [0.29, 0.717) is 0 Å². The van der Waals surface area contributed by atoms with Crippen LogP contribution in [-0.2, 0) is 56.8 Å². The maximum Gasteiger partial charge on any atom is 0.187 e. The molecule has 35 nitrogen and oxygen atoms in total. The van der Waals surface area contributed by atoms with Crippen molar-refractivity contribution in [2.45, 2.75) is 190 Å². The molecule has 0 amide bonds. The van der Waals surface area contributed by atoms with Crippen molar-refractivity contribution in [1.29, 1.82) is 0 Å². The second-order valence-electron chi connectivity index (χ2n) is 19.4. The lowest BCUT2D eigenvalue weighted by Crippen LogP contribution is -2.67. The number of thiocarbonyl (C=S) groups is 1. The fourth-order valence-electron chi connectivity index (χ4n) is 9.34. The van der Waals surface area contributed by atoms with Crippen LogP contribution in [0.1, 0.15) is 0 Å². The highest BCUT2D eigenvalue weighted by molar-refractivity contribution is 7.80. The Bertz CT molecular complexity index is 1640. The highest BCUT2D eigenvalue weighted by Gasteiger charge is 2.56. The van der Waals surface area contributed by atoms with E-state index in [1.54, 1.807) is 0 Å². The number of hydrogen-bond acceptors (Lipinski definition) is 34. The number of hydrogen-bond donors (Lipinski definition) is 23. The van der Waals surface area contributed by atoms with E-state index < -0.39 is 249 Å². The van der Waals surface area contributed by atoms with Gasteiger partial charge in [-0.1, -0.05) is 0 Å². The lowest BCUT2D eigenvalue weighted by molar-refractivity contribution is -0.367. The van der Waals surface area contributed by atoms with Crippen LogP contribution in [0.2, 0.25) is 0 Å². The van der Waals surface area contributed by atoms with Gasteiger partial charge in [0.1, 0.15) is 152 Å². The Morgan fingerprint density at radius 1 is 0.346 bits per heavy atom. The van der Waals surface area contributed by atoms with Gasteiger partial charge in [0.2, 0.25) is 0 Å². The highest BCUT2D eigenvalue weighted by atomic mass is 32.1. The number of aliphatic hydroxyl groups is 21. The van der Waals surface area contributed by atoms with Gasteiger partial charge >= 0.3 is 0 Å². The first-order valence-corrected chi connectivity index (χ1v) is 25.0. The van der Waals surface area contributed by atoms with E-state index in [9.17, 15) is 107 Å². The van der Waals surface area contributed by atoms with E-state index in [1.165, 1.54) is 7.05 Å². The maximum absolute atomic E-state index is 11.4. The quantitative estimate of drug-likeness (QED) is 0.0448. The Morgan fingerprint density at radius 3 is 0.808 bits per heavy atom. The molecular weight excluding hydrogens is 1090 g/mol. The molecule has 0 bridgehead atoms. The van der Waals surface area contributed by atoms with Crippen molar-refractivity contribution in [1.82, 2.24) is 10.6 Å². The summed E-state index contributed by atoms with van der Waals surface area (Å²) in [6.45, 7) is -8.29. The molecule has 0 aromatic heterocycles. The first kappa shape index (κ1) is 65.5. The molecule has 30 atom stereocenters. The first-order valence-electron chi connectivity index (χ1n) is 24.6. The Balaban J connectivity index is 1.25. The predicted octanol–water partition coefficient (Wildman–Crippen LogP) is -15.3. The molecule has 78 heavy (non-hydrogen) atoms. The van der Waals surface area contributed by atoms with Crippen molar-refractivity contribution in [2.24, 2.45) is 0 Å². The van der Waals surface area contributed by atoms with Gasteiger partial charge in [-0.15, -0.1) is 0 Å². The normalized spacial score (nSPS) is 48.2. The van der Waals surface area contributed by atoms with Crippen molar-refractivity contribution < 1.29 is 164 Å². The van der Waals surface area contributed by atoms with Crippen LogP contribution < -0.4 is 10.6 Å². The van der Waals surface area contributed by atoms with Gasteiger partial charge in [-0.2, -0.15) is 0 Å². The first-order chi connectivity index (χ1) is 36.9. The van der Waals surface area contributed by atoms with E-state index >= 15 is 0 Å². The van der Waals surface area contributed by atoms with Gasteiger partial charge in [-0.25, -0.2) is 0 Å². The summed E-state index contributed by atoms with van der Waals surface area (Å²) in [6.07, 6.45) is -56.2. The Morgan fingerprint density at radius 2 is 0.577 bits per heavy atom. The number of ether oxygens (including phenoxy) is 12. The number of rotatable bonds is 22. The Kier molecular flexibility index (Phi) is 24.2. The van der Waals surface area contributed by atoms with Crippen molar-refractivity contribution in [2.75, 3.05) is 66.5 Å². The fraction of sp³-hybridized carbons (Fsp3) is 0.976. The minimum absolute atomic E-state index is 0.255. The van der Waals surface area contributed by atoms with Gasteiger partial charge in [-0.05, 0) is 12.2 Å². The van der Waals surface area contributed by atoms with Crippen LogP contribution >= 0.6 is 12.2 Å². The summed E-state index contributed by atoms with van der Waals surface area (Å²) in [4.78, 5) is 0. The largest absolute Gasteiger partial charge is 0.394 e. The third-order valence-corrected chi connectivity index (χ3v) is 14.4. The summed E-state index contributed by atoms with van der Waals surface area (Å²) >= 11 is 5.42. The van der Waals surface area contributed by atoms with Gasteiger partial charge in [0.05, 0.1) is 59.5 Å². The molecule has 12 unspecified atom stereocenters. The van der Waals surface area contributed by atoms with Crippen molar-refractivity contribution >= 4 is 17.3 Å². The molecule has 6 rings (SSSR count). The van der Waals surface area contributed by atoms with E-state index in [2.05, 4.69) is 10.6 Å². The van der Waals surface area contributed by atoms with Crippen molar-refractivity contribution in [3.63, 3.8) is 0 Å². The third kappa shape index (κ3) is 14.3. The van der Waals surface area contributed by atoms with Crippen molar-refractivity contribution in [3.05, 3.63) is 0 Å². The second kappa shape index (κ2) is 28.8. The minimum atomic E-state index is -2.15. The highest BCUT2D eigenvalue weighted by Crippen LogP contribution is 2.35. The molecule has 6 heterocycles. The van der Waals surface area contributed by atoms with Gasteiger partial charge in [0.25, 0.3) is 0 Å². The molecule has 0 aromatic rings. The van der Waals surface area contributed by atoms with Crippen LogP contribution in [0.5, 0.6) is 0 Å². The van der Waals surface area contributed by atoms with E-state index in [-0.39, 0.29) is 5.11 Å². The lowest BCUT2D eigenvalue weighted by Gasteiger charge is -2.48. The fourth-order valence-corrected chi connectivity index (χ4v) is 9.56. The number of nitrogens with one attached hydrogen (secondary N) is 2. The average molecular weight is 1170 g/mol. The predicted molar refractivity (Wildman–Crippen MR) is 245 cm³/mol. The van der Waals surface area contributed by atoms with E-state index in [1.807, 2.05) is 0 Å². The minimum Gasteiger partial charge on any atom is -0.394 e. The molecule has 6 fully saturated rings. The molecule has 6 aliphatic rings. The van der Waals surface area contributed by atoms with Gasteiger partial charge in [-0.3, -0.25) is 0 Å². The second-order valence-corrected chi connectivity index (χ2v) is 19.8. The Labute approximate surface area is 447 Å². The van der Waals surface area contributed by atoms with Crippen LogP contribution in [0.15, 0.2) is 0 Å². The van der Waals surface area contributed by atoms with E-state index in [0.717, 1.165) is 0 Å². The van der Waals surface area contributed by atoms with Crippen LogP contribution in [0.25, 0.3) is 0 Å². The molecule has 6 saturated heterocycles. The topological polar surface area (TPSA) is 560 Å². The zero-order valence-corrected chi connectivity index (χ0v) is 42.2. The Hall–Kier alpha value is -1.63. The average Bonchev–Trinajstić information content (AvgIpc) is 3.44. The molecular formula is C42H74N2O33S. The summed E-state index contributed by atoms with van der Waals surface area (Å²) in [5.74, 6) is 0.